The zero-order chi connectivity index (χ0) is 20.2. The topological polar surface area (TPSA) is 74.6 Å². The number of hydrazone groups is 1. The van der Waals surface area contributed by atoms with Crippen LogP contribution in [0.25, 0.3) is 22.2 Å². The first kappa shape index (κ1) is 18.7. The number of phenolic OH excluding ortho intramolecular Hbond substituents is 1. The Morgan fingerprint density at radius 1 is 1.00 bits per heavy atom. The maximum absolute atomic E-state index is 12.3. The van der Waals surface area contributed by atoms with E-state index in [0.29, 0.717) is 5.56 Å². The molecule has 3 aromatic carbocycles. The molecule has 142 valence electrons. The Labute approximate surface area is 172 Å². The van der Waals surface area contributed by atoms with E-state index in [1.165, 1.54) is 18.2 Å². The second kappa shape index (κ2) is 8.12. The van der Waals surface area contributed by atoms with E-state index in [0.717, 1.165) is 27.7 Å². The molecule has 0 bridgehead atoms. The number of benzene rings is 3. The molecule has 0 saturated carbocycles. The molecule has 0 unspecified atom stereocenters. The van der Waals surface area contributed by atoms with E-state index in [-0.39, 0.29) is 10.8 Å². The smallest absolute Gasteiger partial charge is 0.271 e. The quantitative estimate of drug-likeness (QED) is 0.372. The number of carbonyl (C=O) groups is 1. The molecule has 0 radical (unpaired) electrons. The standard InChI is InChI=1S/C23H16ClN3O2/c24-19-12-16(10-11-22(19)28)23(29)27-25-14-17-13-21(15-6-2-1-3-7-15)26-20-9-5-4-8-18(17)20/h1-14,28H,(H,27,29). The number of carbonyl (C=O) groups excluding carboxylic acids is 1. The Bertz CT molecular complexity index is 1220. The van der Waals surface area contributed by atoms with E-state index in [9.17, 15) is 9.90 Å². The van der Waals surface area contributed by atoms with Gasteiger partial charge in [-0.1, -0.05) is 60.1 Å². The van der Waals surface area contributed by atoms with Crippen molar-refractivity contribution >= 4 is 34.6 Å². The van der Waals surface area contributed by atoms with Crippen LogP contribution < -0.4 is 5.43 Å². The summed E-state index contributed by atoms with van der Waals surface area (Å²) in [7, 11) is 0. The number of para-hydroxylation sites is 1. The molecule has 0 atom stereocenters. The van der Waals surface area contributed by atoms with Gasteiger partial charge >= 0.3 is 0 Å². The number of halogens is 1. The number of nitrogens with zero attached hydrogens (tertiary/aromatic N) is 2. The molecule has 0 saturated heterocycles. The van der Waals surface area contributed by atoms with Gasteiger partial charge in [-0.05, 0) is 30.3 Å². The molecule has 0 fully saturated rings. The summed E-state index contributed by atoms with van der Waals surface area (Å²) in [6.45, 7) is 0. The Morgan fingerprint density at radius 3 is 2.55 bits per heavy atom. The highest BCUT2D eigenvalue weighted by Gasteiger charge is 2.08. The van der Waals surface area contributed by atoms with Crippen LogP contribution in [0, 0.1) is 0 Å². The van der Waals surface area contributed by atoms with E-state index >= 15 is 0 Å². The van der Waals surface area contributed by atoms with Gasteiger partial charge < -0.3 is 5.11 Å². The van der Waals surface area contributed by atoms with Crippen LogP contribution in [-0.4, -0.2) is 22.2 Å². The molecule has 0 aliphatic rings. The van der Waals surface area contributed by atoms with Gasteiger partial charge in [-0.25, -0.2) is 10.4 Å². The van der Waals surface area contributed by atoms with Crippen molar-refractivity contribution in [2.45, 2.75) is 0 Å². The summed E-state index contributed by atoms with van der Waals surface area (Å²) in [5, 5.41) is 14.6. The third-order valence-electron chi connectivity index (χ3n) is 4.40. The Hall–Kier alpha value is -3.70. The summed E-state index contributed by atoms with van der Waals surface area (Å²) < 4.78 is 0. The van der Waals surface area contributed by atoms with E-state index in [4.69, 9.17) is 16.6 Å². The van der Waals surface area contributed by atoms with Crippen molar-refractivity contribution in [1.82, 2.24) is 10.4 Å². The lowest BCUT2D eigenvalue weighted by atomic mass is 10.0. The predicted molar refractivity (Wildman–Crippen MR) is 115 cm³/mol. The molecule has 2 N–H and O–H groups in total. The molecule has 0 spiro atoms. The van der Waals surface area contributed by atoms with Gasteiger partial charge in [0, 0.05) is 22.1 Å². The minimum Gasteiger partial charge on any atom is -0.506 e. The molecule has 5 nitrogen and oxygen atoms in total. The number of amides is 1. The molecule has 1 aromatic heterocycles. The zero-order valence-corrected chi connectivity index (χ0v) is 16.0. The Morgan fingerprint density at radius 2 is 1.76 bits per heavy atom. The van der Waals surface area contributed by atoms with Crippen LogP contribution in [-0.2, 0) is 0 Å². The van der Waals surface area contributed by atoms with E-state index in [1.807, 2.05) is 60.7 Å². The average Bonchev–Trinajstić information content (AvgIpc) is 2.76. The summed E-state index contributed by atoms with van der Waals surface area (Å²) in [5.41, 5.74) is 6.28. The number of rotatable bonds is 4. The number of fused-ring (bicyclic) bond motifs is 1. The molecule has 4 rings (SSSR count). The highest BCUT2D eigenvalue weighted by molar-refractivity contribution is 6.32. The fourth-order valence-electron chi connectivity index (χ4n) is 2.94. The zero-order valence-electron chi connectivity index (χ0n) is 15.2. The van der Waals surface area contributed by atoms with Gasteiger partial charge in [0.05, 0.1) is 22.4 Å². The molecule has 1 amide bonds. The molecule has 4 aromatic rings. The second-order valence-electron chi connectivity index (χ2n) is 6.35. The summed E-state index contributed by atoms with van der Waals surface area (Å²) in [4.78, 5) is 17.0. The summed E-state index contributed by atoms with van der Waals surface area (Å²) >= 11 is 5.85. The van der Waals surface area contributed by atoms with E-state index in [1.54, 1.807) is 6.21 Å². The number of pyridine rings is 1. The molecule has 29 heavy (non-hydrogen) atoms. The molecule has 1 heterocycles. The van der Waals surface area contributed by atoms with Crippen LogP contribution in [0.2, 0.25) is 5.02 Å². The first-order valence-corrected chi connectivity index (χ1v) is 9.27. The lowest BCUT2D eigenvalue weighted by molar-refractivity contribution is 0.0955. The van der Waals surface area contributed by atoms with Crippen molar-refractivity contribution < 1.29 is 9.90 Å². The lowest BCUT2D eigenvalue weighted by Gasteiger charge is -2.07. The van der Waals surface area contributed by atoms with Gasteiger partial charge in [0.1, 0.15) is 5.75 Å². The fourth-order valence-corrected chi connectivity index (χ4v) is 3.12. The Kier molecular flexibility index (Phi) is 5.22. The molecule has 0 aliphatic carbocycles. The SMILES string of the molecule is O=C(NN=Cc1cc(-c2ccccc2)nc2ccccc12)c1ccc(O)c(Cl)c1. The third kappa shape index (κ3) is 4.10. The van der Waals surface area contributed by atoms with Crippen molar-refractivity contribution in [3.63, 3.8) is 0 Å². The van der Waals surface area contributed by atoms with Crippen LogP contribution in [0.4, 0.5) is 0 Å². The summed E-state index contributed by atoms with van der Waals surface area (Å²) in [6, 6.07) is 23.8. The second-order valence-corrected chi connectivity index (χ2v) is 6.75. The summed E-state index contributed by atoms with van der Waals surface area (Å²) in [5.74, 6) is -0.506. The van der Waals surface area contributed by atoms with Crippen molar-refractivity contribution in [1.29, 1.82) is 0 Å². The van der Waals surface area contributed by atoms with E-state index in [2.05, 4.69) is 10.5 Å². The highest BCUT2D eigenvalue weighted by Crippen LogP contribution is 2.24. The summed E-state index contributed by atoms with van der Waals surface area (Å²) in [6.07, 6.45) is 1.59. The van der Waals surface area contributed by atoms with E-state index < -0.39 is 5.91 Å². The number of phenols is 1. The van der Waals surface area contributed by atoms with Crippen LogP contribution in [0.5, 0.6) is 5.75 Å². The van der Waals surface area contributed by atoms with Gasteiger partial charge in [-0.2, -0.15) is 5.10 Å². The van der Waals surface area contributed by atoms with Crippen molar-refractivity contribution in [2.75, 3.05) is 0 Å². The highest BCUT2D eigenvalue weighted by atomic mass is 35.5. The van der Waals surface area contributed by atoms with Crippen LogP contribution in [0.3, 0.4) is 0 Å². The maximum Gasteiger partial charge on any atom is 0.271 e. The molecule has 6 heteroatoms. The Balaban J connectivity index is 1.64. The first-order chi connectivity index (χ1) is 14.1. The fraction of sp³-hybridized carbons (Fsp3) is 0. The minimum atomic E-state index is -0.426. The van der Waals surface area contributed by atoms with Crippen LogP contribution >= 0.6 is 11.6 Å². The monoisotopic (exact) mass is 401 g/mol. The molecule has 0 aliphatic heterocycles. The third-order valence-corrected chi connectivity index (χ3v) is 4.70. The number of hydrogen-bond acceptors (Lipinski definition) is 4. The van der Waals surface area contributed by atoms with Crippen molar-refractivity contribution in [3.05, 3.63) is 95.0 Å². The minimum absolute atomic E-state index is 0.0802. The van der Waals surface area contributed by atoms with Crippen molar-refractivity contribution in [3.8, 4) is 17.0 Å². The van der Waals surface area contributed by atoms with Gasteiger partial charge in [0.15, 0.2) is 0 Å². The number of aromatic nitrogens is 1. The number of hydrogen-bond donors (Lipinski definition) is 2. The van der Waals surface area contributed by atoms with Crippen LogP contribution in [0.1, 0.15) is 15.9 Å². The normalized spacial score (nSPS) is 11.1. The largest absolute Gasteiger partial charge is 0.506 e. The average molecular weight is 402 g/mol. The van der Waals surface area contributed by atoms with Gasteiger partial charge in [0.2, 0.25) is 0 Å². The van der Waals surface area contributed by atoms with Crippen LogP contribution in [0.15, 0.2) is 84.0 Å². The van der Waals surface area contributed by atoms with Crippen molar-refractivity contribution in [2.24, 2.45) is 5.10 Å². The van der Waals surface area contributed by atoms with Gasteiger partial charge in [-0.15, -0.1) is 0 Å². The van der Waals surface area contributed by atoms with Gasteiger partial charge in [0.25, 0.3) is 5.91 Å². The number of aromatic hydroxyl groups is 1. The van der Waals surface area contributed by atoms with Gasteiger partial charge in [-0.3, -0.25) is 4.79 Å². The first-order valence-electron chi connectivity index (χ1n) is 8.89. The lowest BCUT2D eigenvalue weighted by Crippen LogP contribution is -2.17. The predicted octanol–water partition coefficient (Wildman–Crippen LogP) is 5.02. The molecular formula is C23H16ClN3O2. The maximum atomic E-state index is 12.3. The number of nitrogens with one attached hydrogen (secondary N) is 1. The molecular weight excluding hydrogens is 386 g/mol.